The average molecular weight is 335 g/mol. The second-order valence-corrected chi connectivity index (χ2v) is 6.95. The van der Waals surface area contributed by atoms with Gasteiger partial charge in [-0.2, -0.15) is 5.26 Å². The average Bonchev–Trinajstić information content (AvgIpc) is 2.54. The summed E-state index contributed by atoms with van der Waals surface area (Å²) in [5, 5.41) is 17.2. The van der Waals surface area contributed by atoms with Gasteiger partial charge in [0, 0.05) is 0 Å². The second-order valence-electron chi connectivity index (χ2n) is 6.95. The van der Waals surface area contributed by atoms with Gasteiger partial charge in [0.1, 0.15) is 19.2 Å². The number of quaternary nitrogens is 1. The summed E-state index contributed by atoms with van der Waals surface area (Å²) >= 11 is 0. The number of esters is 1. The monoisotopic (exact) mass is 335 g/mol. The number of unbranched alkanes of at least 4 members (excludes halogenated alkanes) is 8. The molecule has 0 heterocycles. The van der Waals surface area contributed by atoms with Gasteiger partial charge in [0.15, 0.2) is 5.57 Å². The first-order valence-corrected chi connectivity index (χ1v) is 9.13. The molecule has 0 aromatic rings. The number of carbonyl (C=O) groups is 1. The predicted molar refractivity (Wildman–Crippen MR) is 97.5 cm³/mol. The molecule has 0 unspecified atom stereocenters. The molecule has 24 heavy (non-hydrogen) atoms. The van der Waals surface area contributed by atoms with Crippen molar-refractivity contribution in [1.82, 2.24) is 0 Å². The largest absolute Gasteiger partial charge is 0.762 e. The molecule has 0 aliphatic carbocycles. The molecule has 0 aliphatic rings. The van der Waals surface area contributed by atoms with Gasteiger partial charge in [-0.05, 0) is 12.8 Å². The number of nitriles is 1. The maximum atomic E-state index is 11.4. The zero-order valence-corrected chi connectivity index (χ0v) is 15.6. The van der Waals surface area contributed by atoms with Gasteiger partial charge in [-0.25, -0.2) is 10.7 Å². The Hall–Kier alpha value is -1.63. The first-order chi connectivity index (χ1) is 11.5. The Morgan fingerprint density at radius 1 is 1.00 bits per heavy atom. The fourth-order valence-corrected chi connectivity index (χ4v) is 2.54. The van der Waals surface area contributed by atoms with Crippen molar-refractivity contribution < 1.29 is 14.0 Å². The van der Waals surface area contributed by atoms with Gasteiger partial charge in [0.25, 0.3) is 0 Å². The Morgan fingerprint density at radius 3 is 2.04 bits per heavy atom. The van der Waals surface area contributed by atoms with E-state index in [1.165, 1.54) is 57.8 Å². The summed E-state index contributed by atoms with van der Waals surface area (Å²) < 4.78 is 5.75. The molecule has 0 N–H and O–H groups in total. The first kappa shape index (κ1) is 22.4. The van der Waals surface area contributed by atoms with E-state index in [4.69, 9.17) is 15.4 Å². The van der Waals surface area contributed by atoms with Gasteiger partial charge in [-0.1, -0.05) is 51.9 Å². The van der Waals surface area contributed by atoms with Crippen LogP contribution in [0.25, 0.3) is 5.41 Å². The Kier molecular flexibility index (Phi) is 12.8. The number of nitrogens with zero attached hydrogens (tertiary/aromatic N) is 3. The van der Waals surface area contributed by atoms with Crippen LogP contribution in [-0.4, -0.2) is 50.1 Å². The van der Waals surface area contributed by atoms with Crippen LogP contribution in [-0.2, 0) is 9.53 Å². The van der Waals surface area contributed by atoms with Crippen LogP contribution >= 0.6 is 0 Å². The molecule has 0 atom stereocenters. The summed E-state index contributed by atoms with van der Waals surface area (Å²) in [6.45, 7) is 4.20. The third-order valence-electron chi connectivity index (χ3n) is 4.22. The summed E-state index contributed by atoms with van der Waals surface area (Å²) in [5.41, 5.74) is -0.487. The molecule has 5 nitrogen and oxygen atoms in total. The molecule has 5 heteroatoms. The van der Waals surface area contributed by atoms with E-state index >= 15 is 0 Å². The SMILES string of the molecule is CCCCCCCCCCC[N+](C)(C)CCOC(=O)C(=C=[N-])C#N. The lowest BCUT2D eigenvalue weighted by molar-refractivity contribution is -0.890. The molecule has 0 bridgehead atoms. The molecule has 0 saturated carbocycles. The van der Waals surface area contributed by atoms with Gasteiger partial charge in [-0.15, -0.1) is 0 Å². The number of hydrogen-bond donors (Lipinski definition) is 0. The summed E-state index contributed by atoms with van der Waals surface area (Å²) in [7, 11) is 4.22. The minimum Gasteiger partial charge on any atom is -0.762 e. The number of rotatable bonds is 14. The summed E-state index contributed by atoms with van der Waals surface area (Å²) in [6.07, 6.45) is 11.8. The number of hydrogen-bond acceptors (Lipinski definition) is 3. The molecule has 0 amide bonds. The molecule has 0 saturated heterocycles. The van der Waals surface area contributed by atoms with E-state index in [1.807, 2.05) is 0 Å². The van der Waals surface area contributed by atoms with E-state index in [0.29, 0.717) is 6.54 Å². The number of ether oxygens (including phenoxy) is 1. The topological polar surface area (TPSA) is 72.4 Å². The molecular weight excluding hydrogens is 302 g/mol. The van der Waals surface area contributed by atoms with Gasteiger partial charge in [-0.3, -0.25) is 0 Å². The highest BCUT2D eigenvalue weighted by atomic mass is 16.5. The van der Waals surface area contributed by atoms with Gasteiger partial charge in [0.05, 0.1) is 20.6 Å². The van der Waals surface area contributed by atoms with Crippen molar-refractivity contribution in [3.63, 3.8) is 0 Å². The van der Waals surface area contributed by atoms with Crippen molar-refractivity contribution in [3.8, 4) is 6.07 Å². The maximum Gasteiger partial charge on any atom is 0.355 e. The minimum absolute atomic E-state index is 0.232. The Balaban J connectivity index is 3.70. The zero-order valence-electron chi connectivity index (χ0n) is 15.6. The Morgan fingerprint density at radius 2 is 1.54 bits per heavy atom. The van der Waals surface area contributed by atoms with Crippen LogP contribution in [0.2, 0.25) is 0 Å². The standard InChI is InChI=1S/C19H33N3O2/c1-4-5-6-7-8-9-10-11-12-13-22(2,3)14-15-24-19(23)18(16-20)17-21/h4-15H2,1-3H3. The van der Waals surface area contributed by atoms with Crippen molar-refractivity contribution in [2.24, 2.45) is 0 Å². The van der Waals surface area contributed by atoms with Crippen LogP contribution in [0.15, 0.2) is 5.57 Å². The summed E-state index contributed by atoms with van der Waals surface area (Å²) in [5.74, 6) is 0.728. The maximum absolute atomic E-state index is 11.4. The number of carbonyl (C=O) groups excluding carboxylic acids is 1. The Bertz CT molecular complexity index is 446. The van der Waals surface area contributed by atoms with E-state index in [-0.39, 0.29) is 6.61 Å². The van der Waals surface area contributed by atoms with Crippen LogP contribution in [0.3, 0.4) is 0 Å². The van der Waals surface area contributed by atoms with Crippen molar-refractivity contribution in [3.05, 3.63) is 11.0 Å². The third kappa shape index (κ3) is 11.9. The molecule has 0 rings (SSSR count). The molecule has 0 radical (unpaired) electrons. The highest BCUT2D eigenvalue weighted by molar-refractivity contribution is 6.02. The molecule has 136 valence electrons. The second kappa shape index (κ2) is 13.8. The van der Waals surface area contributed by atoms with E-state index < -0.39 is 11.5 Å². The van der Waals surface area contributed by atoms with E-state index in [9.17, 15) is 4.79 Å². The van der Waals surface area contributed by atoms with E-state index in [1.54, 1.807) is 11.9 Å². The highest BCUT2D eigenvalue weighted by Gasteiger charge is 2.16. The van der Waals surface area contributed by atoms with Crippen molar-refractivity contribution in [1.29, 1.82) is 5.26 Å². The quantitative estimate of drug-likeness (QED) is 0.121. The number of likely N-dealkylation sites (N-methyl/N-ethyl adjacent to an activating group) is 1. The summed E-state index contributed by atoms with van der Waals surface area (Å²) in [4.78, 5) is 11.4. The fourth-order valence-electron chi connectivity index (χ4n) is 2.54. The zero-order chi connectivity index (χ0) is 18.3. The van der Waals surface area contributed by atoms with E-state index in [2.05, 4.69) is 21.0 Å². The predicted octanol–water partition coefficient (Wildman–Crippen LogP) is 3.83. The Labute approximate surface area is 147 Å². The van der Waals surface area contributed by atoms with Gasteiger partial charge in [0.2, 0.25) is 0 Å². The van der Waals surface area contributed by atoms with Crippen molar-refractivity contribution >= 4 is 11.8 Å². The van der Waals surface area contributed by atoms with Crippen LogP contribution < -0.4 is 0 Å². The normalized spacial score (nSPS) is 10.8. The molecule has 0 fully saturated rings. The molecule has 0 spiro atoms. The van der Waals surface area contributed by atoms with Crippen LogP contribution in [0, 0.1) is 11.3 Å². The fraction of sp³-hybridized carbons (Fsp3) is 0.789. The smallest absolute Gasteiger partial charge is 0.355 e. The first-order valence-electron chi connectivity index (χ1n) is 9.13. The van der Waals surface area contributed by atoms with Crippen LogP contribution in [0.1, 0.15) is 64.7 Å². The molecule has 0 aromatic heterocycles. The lowest BCUT2D eigenvalue weighted by Crippen LogP contribution is -2.43. The van der Waals surface area contributed by atoms with Crippen molar-refractivity contribution in [2.75, 3.05) is 33.8 Å². The van der Waals surface area contributed by atoms with Crippen molar-refractivity contribution in [2.45, 2.75) is 64.7 Å². The summed E-state index contributed by atoms with van der Waals surface area (Å²) in [6, 6.07) is 1.54. The van der Waals surface area contributed by atoms with E-state index in [0.717, 1.165) is 11.0 Å². The minimum atomic E-state index is -0.817. The lowest BCUT2D eigenvalue weighted by Gasteiger charge is -2.29. The van der Waals surface area contributed by atoms with Gasteiger partial charge >= 0.3 is 5.97 Å². The highest BCUT2D eigenvalue weighted by Crippen LogP contribution is 2.11. The lowest BCUT2D eigenvalue weighted by atomic mass is 10.1. The molecule has 0 aromatic carbocycles. The van der Waals surface area contributed by atoms with Gasteiger partial charge < -0.3 is 14.6 Å². The third-order valence-corrected chi connectivity index (χ3v) is 4.22. The molecular formula is C19H33N3O2. The van der Waals surface area contributed by atoms with Crippen LogP contribution in [0.4, 0.5) is 0 Å². The van der Waals surface area contributed by atoms with Crippen LogP contribution in [0.5, 0.6) is 0 Å². The molecule has 0 aliphatic heterocycles.